The molecular formula is C15H17ClFN4O2+. The first-order chi connectivity index (χ1) is 11.0. The predicted octanol–water partition coefficient (Wildman–Crippen LogP) is 1.97. The van der Waals surface area contributed by atoms with Gasteiger partial charge >= 0.3 is 0 Å². The molecule has 122 valence electrons. The van der Waals surface area contributed by atoms with E-state index in [0.717, 1.165) is 19.5 Å². The summed E-state index contributed by atoms with van der Waals surface area (Å²) in [6.07, 6.45) is 3.70. The Bertz CT molecular complexity index is 742. The number of fused-ring (bicyclic) bond motifs is 1. The number of nitrogens with zero attached hydrogens (tertiary/aromatic N) is 3. The zero-order valence-electron chi connectivity index (χ0n) is 12.7. The summed E-state index contributed by atoms with van der Waals surface area (Å²) in [5.74, 6) is 0.0191. The molecule has 4 heterocycles. The topological polar surface area (TPSA) is 55.7 Å². The summed E-state index contributed by atoms with van der Waals surface area (Å²) in [5.41, 5.74) is -0.0821. The molecule has 4 aliphatic rings. The van der Waals surface area contributed by atoms with Crippen molar-refractivity contribution >= 4 is 23.4 Å². The summed E-state index contributed by atoms with van der Waals surface area (Å²) in [5, 5.41) is 3.10. The molecule has 0 bridgehead atoms. The van der Waals surface area contributed by atoms with Crippen LogP contribution in [0.5, 0.6) is 0 Å². The zero-order chi connectivity index (χ0) is 15.9. The highest BCUT2D eigenvalue weighted by Gasteiger charge is 2.89. The van der Waals surface area contributed by atoms with E-state index in [9.17, 15) is 4.39 Å². The molecule has 0 radical (unpaired) electrons. The average molecular weight is 340 g/mol. The quantitative estimate of drug-likeness (QED) is 0.837. The molecule has 5 rings (SSSR count). The van der Waals surface area contributed by atoms with Crippen LogP contribution in [0, 0.1) is 11.7 Å². The van der Waals surface area contributed by atoms with Crippen LogP contribution in [0.2, 0.25) is 5.02 Å². The summed E-state index contributed by atoms with van der Waals surface area (Å²) >= 11 is 5.72. The van der Waals surface area contributed by atoms with Crippen molar-refractivity contribution in [3.05, 3.63) is 23.1 Å². The van der Waals surface area contributed by atoms with Gasteiger partial charge in [0.2, 0.25) is 0 Å². The Kier molecular flexibility index (Phi) is 2.51. The molecule has 0 amide bonds. The lowest BCUT2D eigenvalue weighted by Crippen LogP contribution is -2.65. The molecule has 3 unspecified atom stereocenters. The number of anilines is 1. The lowest BCUT2D eigenvalue weighted by molar-refractivity contribution is -1.15. The number of hydrogen-bond acceptors (Lipinski definition) is 5. The van der Waals surface area contributed by atoms with Crippen molar-refractivity contribution in [1.29, 1.82) is 0 Å². The fourth-order valence-electron chi connectivity index (χ4n) is 4.86. The smallest absolute Gasteiger partial charge is 0.291 e. The number of hydrogen-bond donors (Lipinski definition) is 1. The summed E-state index contributed by atoms with van der Waals surface area (Å²) < 4.78 is 20.7. The van der Waals surface area contributed by atoms with E-state index < -0.39 is 5.82 Å². The van der Waals surface area contributed by atoms with Crippen molar-refractivity contribution in [3.8, 4) is 0 Å². The normalized spacial score (nSPS) is 42.6. The Balaban J connectivity index is 1.35. The van der Waals surface area contributed by atoms with Crippen LogP contribution in [0.3, 0.4) is 0 Å². The van der Waals surface area contributed by atoms with Crippen LogP contribution in [0.15, 0.2) is 17.3 Å². The third kappa shape index (κ3) is 1.60. The van der Waals surface area contributed by atoms with E-state index in [-0.39, 0.29) is 22.0 Å². The van der Waals surface area contributed by atoms with Gasteiger partial charge in [-0.05, 0) is 6.07 Å². The van der Waals surface area contributed by atoms with Crippen LogP contribution in [-0.4, -0.2) is 53.5 Å². The van der Waals surface area contributed by atoms with Crippen molar-refractivity contribution in [1.82, 2.24) is 4.98 Å². The van der Waals surface area contributed by atoms with E-state index in [1.54, 1.807) is 7.11 Å². The second-order valence-corrected chi connectivity index (χ2v) is 7.40. The van der Waals surface area contributed by atoms with Gasteiger partial charge in [0.15, 0.2) is 23.8 Å². The van der Waals surface area contributed by atoms with Gasteiger partial charge in [0.25, 0.3) is 6.02 Å². The second kappa shape index (κ2) is 4.15. The minimum absolute atomic E-state index is 0.0765. The highest BCUT2D eigenvalue weighted by Crippen LogP contribution is 2.72. The van der Waals surface area contributed by atoms with Crippen molar-refractivity contribution < 1.29 is 18.6 Å². The average Bonchev–Trinajstić information content (AvgIpc) is 3.17. The van der Waals surface area contributed by atoms with Crippen LogP contribution in [-0.2, 0) is 9.57 Å². The largest absolute Gasteiger partial charge is 0.450 e. The molecule has 6 nitrogen and oxygen atoms in total. The number of nitrogens with one attached hydrogen (secondary N) is 1. The fourth-order valence-corrected chi connectivity index (χ4v) is 5.01. The number of quaternary nitrogens is 1. The van der Waals surface area contributed by atoms with Gasteiger partial charge in [-0.1, -0.05) is 11.6 Å². The van der Waals surface area contributed by atoms with Crippen LogP contribution in [0.25, 0.3) is 0 Å². The third-order valence-electron chi connectivity index (χ3n) is 6.09. The molecule has 23 heavy (non-hydrogen) atoms. The number of amidine groups is 1. The van der Waals surface area contributed by atoms with Gasteiger partial charge in [-0.2, -0.15) is 4.65 Å². The SMILES string of the molecule is CO[N+]12CCC13CC3[C@]1(CN=C(Nc3ncc(Cl)cc3F)O1)C2. The number of hydroxylamine groups is 3. The lowest BCUT2D eigenvalue weighted by atomic mass is 9.97. The second-order valence-electron chi connectivity index (χ2n) is 6.96. The van der Waals surface area contributed by atoms with Crippen LogP contribution in [0.1, 0.15) is 12.8 Å². The molecule has 2 saturated heterocycles. The zero-order valence-corrected chi connectivity index (χ0v) is 13.4. The minimum atomic E-state index is -0.525. The molecule has 1 aliphatic carbocycles. The third-order valence-corrected chi connectivity index (χ3v) is 6.30. The number of aromatic nitrogens is 1. The molecule has 2 spiro atoms. The van der Waals surface area contributed by atoms with Crippen molar-refractivity contribution in [2.45, 2.75) is 24.0 Å². The predicted molar refractivity (Wildman–Crippen MR) is 81.4 cm³/mol. The van der Waals surface area contributed by atoms with E-state index in [1.165, 1.54) is 18.7 Å². The Hall–Kier alpha value is -1.44. The van der Waals surface area contributed by atoms with E-state index in [2.05, 4.69) is 15.3 Å². The maximum absolute atomic E-state index is 13.9. The molecule has 1 saturated carbocycles. The highest BCUT2D eigenvalue weighted by molar-refractivity contribution is 6.30. The number of pyridine rings is 1. The van der Waals surface area contributed by atoms with Gasteiger partial charge in [-0.25, -0.2) is 19.2 Å². The standard InChI is InChI=1S/C15H17ClFN4O2/c1-22-21-3-2-14(21)5-11(14)15(8-21)7-19-13(23-15)20-12-10(17)4-9(16)6-18-12/h4,6,11H,2-3,5,7-8H2,1H3,(H,18,19,20)/q+1/t11?,14?,15-,21?/m0/s1. The number of halogens is 2. The van der Waals surface area contributed by atoms with Crippen molar-refractivity contribution in [3.63, 3.8) is 0 Å². The Morgan fingerprint density at radius 3 is 3.09 bits per heavy atom. The molecule has 1 aromatic rings. The maximum atomic E-state index is 13.9. The molecule has 3 fully saturated rings. The number of aliphatic imine (C=N–C) groups is 1. The summed E-state index contributed by atoms with van der Waals surface area (Å²) in [6.45, 7) is 2.42. The van der Waals surface area contributed by atoms with Crippen molar-refractivity contribution in [2.75, 3.05) is 32.1 Å². The van der Waals surface area contributed by atoms with Crippen LogP contribution < -0.4 is 5.32 Å². The van der Waals surface area contributed by atoms with Gasteiger partial charge in [0.1, 0.15) is 12.1 Å². The summed E-state index contributed by atoms with van der Waals surface area (Å²) in [6, 6.07) is 1.54. The summed E-state index contributed by atoms with van der Waals surface area (Å²) in [7, 11) is 1.78. The fraction of sp³-hybridized carbons (Fsp3) is 0.600. The van der Waals surface area contributed by atoms with Crippen molar-refractivity contribution in [2.24, 2.45) is 10.9 Å². The van der Waals surface area contributed by atoms with Gasteiger partial charge in [0.05, 0.1) is 31.0 Å². The molecule has 1 N–H and O–H groups in total. The highest BCUT2D eigenvalue weighted by atomic mass is 35.5. The number of ether oxygens (including phenoxy) is 1. The monoisotopic (exact) mass is 339 g/mol. The molecular weight excluding hydrogens is 323 g/mol. The first kappa shape index (κ1) is 13.9. The lowest BCUT2D eigenvalue weighted by Gasteiger charge is -2.47. The van der Waals surface area contributed by atoms with Gasteiger partial charge in [-0.15, -0.1) is 0 Å². The van der Waals surface area contributed by atoms with Gasteiger partial charge in [0, 0.05) is 12.6 Å². The first-order valence-electron chi connectivity index (χ1n) is 7.77. The van der Waals surface area contributed by atoms with E-state index in [4.69, 9.17) is 21.2 Å². The Labute approximate surface area is 137 Å². The molecule has 1 aromatic heterocycles. The minimum Gasteiger partial charge on any atom is -0.450 e. The number of piperidine rings is 1. The first-order valence-corrected chi connectivity index (χ1v) is 8.15. The number of rotatable bonds is 2. The molecule has 8 heteroatoms. The van der Waals surface area contributed by atoms with Gasteiger partial charge in [-0.3, -0.25) is 5.32 Å². The van der Waals surface area contributed by atoms with E-state index >= 15 is 0 Å². The van der Waals surface area contributed by atoms with Crippen LogP contribution >= 0.6 is 11.6 Å². The Morgan fingerprint density at radius 1 is 1.57 bits per heavy atom. The van der Waals surface area contributed by atoms with E-state index in [1.807, 2.05) is 0 Å². The van der Waals surface area contributed by atoms with Gasteiger partial charge < -0.3 is 4.74 Å². The molecule has 4 atom stereocenters. The van der Waals surface area contributed by atoms with Crippen LogP contribution in [0.4, 0.5) is 10.2 Å². The van der Waals surface area contributed by atoms with E-state index in [0.29, 0.717) is 23.1 Å². The Morgan fingerprint density at radius 2 is 2.43 bits per heavy atom. The maximum Gasteiger partial charge on any atom is 0.291 e. The molecule has 3 aliphatic heterocycles. The summed E-state index contributed by atoms with van der Waals surface area (Å²) in [4.78, 5) is 14.2. The molecule has 0 aromatic carbocycles.